The normalized spacial score (nSPS) is 19.5. The molecular formula is C9H17NPt+. The van der Waals surface area contributed by atoms with Crippen LogP contribution in [-0.2, 0) is 17.6 Å². The number of rotatable bonds is 2. The van der Waals surface area contributed by atoms with E-state index in [1.54, 1.807) is 0 Å². The van der Waals surface area contributed by atoms with Gasteiger partial charge in [0.25, 0.3) is 0 Å². The van der Waals surface area contributed by atoms with Crippen LogP contribution in [0.2, 0.25) is 9.62 Å². The van der Waals surface area contributed by atoms with Crippen molar-refractivity contribution >= 4 is 0 Å². The van der Waals surface area contributed by atoms with Gasteiger partial charge in [-0.05, 0) is 0 Å². The van der Waals surface area contributed by atoms with Gasteiger partial charge in [0.2, 0.25) is 0 Å². The zero-order valence-corrected chi connectivity index (χ0v) is 9.92. The first-order valence-electron chi connectivity index (χ1n) is 3.65. The van der Waals surface area contributed by atoms with Crippen molar-refractivity contribution in [1.29, 1.82) is 0 Å². The maximum absolute atomic E-state index is 2.45. The third kappa shape index (κ3) is 2.28. The van der Waals surface area contributed by atoms with E-state index >= 15 is 0 Å². The zero-order chi connectivity index (χ0) is 8.48. The van der Waals surface area contributed by atoms with E-state index in [9.17, 15) is 0 Å². The topological polar surface area (TPSA) is 0 Å². The van der Waals surface area contributed by atoms with E-state index in [-0.39, 0.29) is 0 Å². The Morgan fingerprint density at radius 1 is 1.09 bits per heavy atom. The minimum atomic E-state index is -0.859. The van der Waals surface area contributed by atoms with Crippen molar-refractivity contribution in [3.05, 3.63) is 24.3 Å². The molecule has 0 aromatic heterocycles. The Morgan fingerprint density at radius 2 is 1.55 bits per heavy atom. The van der Waals surface area contributed by atoms with E-state index in [1.165, 1.54) is 3.04 Å². The Morgan fingerprint density at radius 3 is 1.91 bits per heavy atom. The molecule has 0 radical (unpaired) electrons. The average Bonchev–Trinajstić information content (AvgIpc) is 2.34. The summed E-state index contributed by atoms with van der Waals surface area (Å²) in [5.74, 6) is 0. The zero-order valence-electron chi connectivity index (χ0n) is 7.65. The predicted molar refractivity (Wildman–Crippen MR) is 45.9 cm³/mol. The van der Waals surface area contributed by atoms with Gasteiger partial charge in [0, 0.05) is 0 Å². The molecule has 0 fully saturated rings. The van der Waals surface area contributed by atoms with Crippen LogP contribution in [0.5, 0.6) is 0 Å². The number of nitrogens with zero attached hydrogens (tertiary/aromatic N) is 1. The van der Waals surface area contributed by atoms with E-state index in [2.05, 4.69) is 50.8 Å². The molecule has 0 atom stereocenters. The van der Waals surface area contributed by atoms with Crippen LogP contribution in [-0.4, -0.2) is 24.2 Å². The molecule has 1 rings (SSSR count). The Kier molecular flexibility index (Phi) is 2.72. The summed E-state index contributed by atoms with van der Waals surface area (Å²) in [5.41, 5.74) is 0. The van der Waals surface area contributed by atoms with Gasteiger partial charge >= 0.3 is 75.7 Å². The fourth-order valence-corrected chi connectivity index (χ4v) is 4.65. The van der Waals surface area contributed by atoms with Gasteiger partial charge in [0.15, 0.2) is 0 Å². The Bertz CT molecular complexity index is 176. The van der Waals surface area contributed by atoms with Crippen molar-refractivity contribution in [2.45, 2.75) is 9.62 Å². The summed E-state index contributed by atoms with van der Waals surface area (Å²) >= 11 is -0.859. The molecule has 0 amide bonds. The molecule has 0 saturated carbocycles. The maximum atomic E-state index is 2.45. The molecule has 0 bridgehead atoms. The second kappa shape index (κ2) is 3.24. The SMILES string of the molecule is [CH3][Pt]([CH]1C=CC=C1)[N+](C)(C)C. The third-order valence-electron chi connectivity index (χ3n) is 1.65. The molecular weight excluding hydrogens is 317 g/mol. The average molecular weight is 334 g/mol. The van der Waals surface area contributed by atoms with Gasteiger partial charge in [-0.2, -0.15) is 0 Å². The summed E-state index contributed by atoms with van der Waals surface area (Å²) in [6.45, 7) is 0. The Balaban J connectivity index is 2.61. The van der Waals surface area contributed by atoms with Crippen LogP contribution in [0.1, 0.15) is 0 Å². The molecule has 0 spiro atoms. The molecule has 11 heavy (non-hydrogen) atoms. The van der Waals surface area contributed by atoms with E-state index in [0.29, 0.717) is 0 Å². The van der Waals surface area contributed by atoms with Crippen molar-refractivity contribution in [3.63, 3.8) is 0 Å². The first kappa shape index (κ1) is 9.22. The molecule has 0 saturated heterocycles. The molecule has 0 heterocycles. The van der Waals surface area contributed by atoms with Crippen molar-refractivity contribution in [2.24, 2.45) is 0 Å². The van der Waals surface area contributed by atoms with Gasteiger partial charge in [-0.25, -0.2) is 0 Å². The number of hydrogen-bond donors (Lipinski definition) is 0. The molecule has 0 unspecified atom stereocenters. The standard InChI is InChI=1S/C5H5.C3H9N.CH3.Pt/c1-2-4-5-3-1;1-4(2)3;;/h1-5H;1-3H3;1H3;/q;;;+1. The summed E-state index contributed by atoms with van der Waals surface area (Å²) in [5, 5.41) is 2.45. The van der Waals surface area contributed by atoms with Crippen molar-refractivity contribution in [2.75, 3.05) is 21.1 Å². The molecule has 1 nitrogen and oxygen atoms in total. The molecule has 0 aliphatic heterocycles. The minimum absolute atomic E-state index is 0.792. The molecule has 0 aromatic rings. The molecule has 67 valence electrons. The summed E-state index contributed by atoms with van der Waals surface area (Å²) in [6, 6.07) is 0. The predicted octanol–water partition coefficient (Wildman–Crippen LogP) is 2.19. The molecule has 2 heteroatoms. The second-order valence-electron chi connectivity index (χ2n) is 3.34. The second-order valence-corrected chi connectivity index (χ2v) is 10.8. The van der Waals surface area contributed by atoms with Crippen molar-refractivity contribution < 1.29 is 20.6 Å². The monoisotopic (exact) mass is 334 g/mol. The Hall–Kier alpha value is 0.128. The van der Waals surface area contributed by atoms with Crippen LogP contribution < -0.4 is 0 Å². The van der Waals surface area contributed by atoms with Gasteiger partial charge in [-0.1, -0.05) is 0 Å². The van der Waals surface area contributed by atoms with E-state index < -0.39 is 17.6 Å². The molecule has 1 aliphatic carbocycles. The van der Waals surface area contributed by atoms with Gasteiger partial charge < -0.3 is 0 Å². The van der Waals surface area contributed by atoms with Crippen LogP contribution >= 0.6 is 0 Å². The fourth-order valence-electron chi connectivity index (χ4n) is 0.850. The van der Waals surface area contributed by atoms with Crippen molar-refractivity contribution in [1.82, 2.24) is 0 Å². The van der Waals surface area contributed by atoms with Crippen LogP contribution in [0.25, 0.3) is 0 Å². The van der Waals surface area contributed by atoms with E-state index in [1.807, 2.05) is 0 Å². The van der Waals surface area contributed by atoms with Crippen LogP contribution in [0, 0.1) is 0 Å². The van der Waals surface area contributed by atoms with Gasteiger partial charge in [0.1, 0.15) is 0 Å². The number of allylic oxidation sites excluding steroid dienone is 4. The number of quaternary nitrogens is 1. The molecule has 0 N–H and O–H groups in total. The van der Waals surface area contributed by atoms with Gasteiger partial charge in [0.05, 0.1) is 0 Å². The quantitative estimate of drug-likeness (QED) is 0.726. The Labute approximate surface area is 75.8 Å². The van der Waals surface area contributed by atoms with E-state index in [4.69, 9.17) is 0 Å². The van der Waals surface area contributed by atoms with E-state index in [0.717, 1.165) is 4.31 Å². The van der Waals surface area contributed by atoms with Crippen LogP contribution in [0.4, 0.5) is 0 Å². The number of hydrogen-bond acceptors (Lipinski definition) is 0. The van der Waals surface area contributed by atoms with Crippen LogP contribution in [0.3, 0.4) is 0 Å². The molecule has 1 aliphatic rings. The summed E-state index contributed by atoms with van der Waals surface area (Å²) in [6.07, 6.45) is 9.03. The third-order valence-corrected chi connectivity index (χ3v) is 9.53. The fraction of sp³-hybridized carbons (Fsp3) is 0.556. The summed E-state index contributed by atoms with van der Waals surface area (Å²) in [7, 11) is 6.93. The summed E-state index contributed by atoms with van der Waals surface area (Å²) < 4.78 is 1.98. The van der Waals surface area contributed by atoms with Crippen LogP contribution in [0.15, 0.2) is 24.3 Å². The van der Waals surface area contributed by atoms with Gasteiger partial charge in [-0.3, -0.25) is 0 Å². The first-order chi connectivity index (χ1) is 5.02. The summed E-state index contributed by atoms with van der Waals surface area (Å²) in [4.78, 5) is 0. The first-order valence-corrected chi connectivity index (χ1v) is 8.25. The van der Waals surface area contributed by atoms with Crippen molar-refractivity contribution in [3.8, 4) is 0 Å². The van der Waals surface area contributed by atoms with Gasteiger partial charge in [-0.15, -0.1) is 0 Å². The molecule has 0 aromatic carbocycles.